The molecule has 1 saturated heterocycles. The Morgan fingerprint density at radius 3 is 2.61 bits per heavy atom. The van der Waals surface area contributed by atoms with E-state index >= 15 is 0 Å². The molecule has 3 aliphatic rings. The fourth-order valence-electron chi connectivity index (χ4n) is 5.76. The van der Waals surface area contributed by atoms with Gasteiger partial charge in [0.15, 0.2) is 0 Å². The molecule has 0 amide bonds. The van der Waals surface area contributed by atoms with Gasteiger partial charge in [-0.25, -0.2) is 0 Å². The molecule has 1 aliphatic heterocycles. The van der Waals surface area contributed by atoms with Gasteiger partial charge in [-0.15, -0.1) is 0 Å². The van der Waals surface area contributed by atoms with E-state index < -0.39 is 10.1 Å². The van der Waals surface area contributed by atoms with Crippen LogP contribution in [0.3, 0.4) is 0 Å². The highest BCUT2D eigenvalue weighted by Gasteiger charge is 2.55. The first kappa shape index (κ1) is 17.3. The topological polar surface area (TPSA) is 57.6 Å². The average molecular weight is 342 g/mol. The zero-order valence-corrected chi connectivity index (χ0v) is 15.3. The summed E-state index contributed by atoms with van der Waals surface area (Å²) in [6, 6.07) is 0.512. The quantitative estimate of drug-likeness (QED) is 0.792. The summed E-state index contributed by atoms with van der Waals surface area (Å²) < 4.78 is 31.0. The van der Waals surface area contributed by atoms with Crippen molar-refractivity contribution in [2.75, 3.05) is 12.3 Å². The molecule has 0 bridgehead atoms. The van der Waals surface area contributed by atoms with Crippen molar-refractivity contribution in [1.82, 2.24) is 4.90 Å². The van der Waals surface area contributed by atoms with Crippen molar-refractivity contribution in [3.8, 4) is 0 Å². The molecule has 2 aliphatic carbocycles. The van der Waals surface area contributed by atoms with Crippen LogP contribution in [0.25, 0.3) is 0 Å². The fourth-order valence-corrected chi connectivity index (χ4v) is 6.26. The van der Waals surface area contributed by atoms with E-state index in [2.05, 4.69) is 25.3 Å². The number of fused-ring (bicyclic) bond motifs is 3. The van der Waals surface area contributed by atoms with Gasteiger partial charge in [0.25, 0.3) is 10.1 Å². The molecule has 1 heterocycles. The summed E-state index contributed by atoms with van der Waals surface area (Å²) in [5.74, 6) is 2.19. The summed E-state index contributed by atoms with van der Waals surface area (Å²) >= 11 is 0. The zero-order valence-electron chi connectivity index (χ0n) is 14.5. The van der Waals surface area contributed by atoms with Crippen molar-refractivity contribution in [3.63, 3.8) is 0 Å². The molecule has 1 N–H and O–H groups in total. The first-order valence-corrected chi connectivity index (χ1v) is 10.7. The second kappa shape index (κ2) is 6.07. The lowest BCUT2D eigenvalue weighted by Gasteiger charge is -2.47. The predicted molar refractivity (Wildman–Crippen MR) is 92.6 cm³/mol. The Balaban J connectivity index is 1.77. The van der Waals surface area contributed by atoms with E-state index in [-0.39, 0.29) is 11.2 Å². The highest BCUT2D eigenvalue weighted by atomic mass is 32.2. The maximum absolute atomic E-state index is 11.0. The van der Waals surface area contributed by atoms with Crippen molar-refractivity contribution >= 4 is 10.1 Å². The van der Waals surface area contributed by atoms with Crippen LogP contribution in [0.15, 0.2) is 12.3 Å². The number of likely N-dealkylation sites (tertiary alicyclic amines) is 1. The monoisotopic (exact) mass is 341 g/mol. The van der Waals surface area contributed by atoms with E-state index in [9.17, 15) is 8.42 Å². The Hall–Kier alpha value is -0.550. The number of rotatable bonds is 4. The van der Waals surface area contributed by atoms with Crippen LogP contribution in [0.2, 0.25) is 0 Å². The summed E-state index contributed by atoms with van der Waals surface area (Å²) in [5, 5.41) is 0. The van der Waals surface area contributed by atoms with E-state index in [1.165, 1.54) is 44.2 Å². The Bertz CT molecular complexity index is 569. The molecule has 0 aromatic rings. The van der Waals surface area contributed by atoms with Gasteiger partial charge in [-0.3, -0.25) is 4.55 Å². The number of hydrogen-bond donors (Lipinski definition) is 1. The van der Waals surface area contributed by atoms with Crippen LogP contribution in [-0.4, -0.2) is 36.2 Å². The lowest BCUT2D eigenvalue weighted by molar-refractivity contribution is 0.0294. The average Bonchev–Trinajstić information content (AvgIpc) is 2.67. The van der Waals surface area contributed by atoms with E-state index in [4.69, 9.17) is 4.55 Å². The van der Waals surface area contributed by atoms with E-state index in [1.807, 2.05) is 0 Å². The van der Waals surface area contributed by atoms with Crippen molar-refractivity contribution in [3.05, 3.63) is 12.3 Å². The molecule has 4 nitrogen and oxygen atoms in total. The largest absolute Gasteiger partial charge is 0.372 e. The van der Waals surface area contributed by atoms with Gasteiger partial charge >= 0.3 is 0 Å². The van der Waals surface area contributed by atoms with Crippen molar-refractivity contribution in [2.24, 2.45) is 23.2 Å². The molecule has 4 unspecified atom stereocenters. The van der Waals surface area contributed by atoms with E-state index in [0.717, 1.165) is 11.8 Å². The van der Waals surface area contributed by atoms with Gasteiger partial charge in [-0.2, -0.15) is 8.42 Å². The van der Waals surface area contributed by atoms with Crippen molar-refractivity contribution in [1.29, 1.82) is 0 Å². The van der Waals surface area contributed by atoms with Gasteiger partial charge in [-0.1, -0.05) is 39.7 Å². The maximum Gasteiger partial charge on any atom is 0.264 e. The predicted octanol–water partition coefficient (Wildman–Crippen LogP) is 3.70. The lowest BCUT2D eigenvalue weighted by atomic mass is 9.58. The molecule has 4 atom stereocenters. The minimum absolute atomic E-state index is 0.101. The van der Waals surface area contributed by atoms with Crippen LogP contribution in [0.1, 0.15) is 58.8 Å². The molecule has 0 aromatic carbocycles. The second-order valence-electron chi connectivity index (χ2n) is 8.38. The normalized spacial score (nSPS) is 36.7. The second-order valence-corrected chi connectivity index (χ2v) is 9.95. The molecule has 5 heteroatoms. The summed E-state index contributed by atoms with van der Waals surface area (Å²) in [7, 11) is -3.87. The number of allylic oxidation sites excluding steroid dienone is 1. The first-order valence-electron chi connectivity index (χ1n) is 9.13. The van der Waals surface area contributed by atoms with Gasteiger partial charge in [0.1, 0.15) is 0 Å². The Morgan fingerprint density at radius 2 is 1.91 bits per heavy atom. The summed E-state index contributed by atoms with van der Waals surface area (Å²) in [4.78, 5) is 2.38. The third kappa shape index (κ3) is 3.19. The number of hydrogen-bond acceptors (Lipinski definition) is 3. The SMILES string of the molecule is C=C1N(CCCS(=O)(=O)O)C2CCC3CCCCC3C2C1(C)C. The van der Waals surface area contributed by atoms with Crippen molar-refractivity contribution in [2.45, 2.75) is 64.8 Å². The molecular weight excluding hydrogens is 310 g/mol. The first-order chi connectivity index (χ1) is 10.7. The van der Waals surface area contributed by atoms with E-state index in [1.54, 1.807) is 0 Å². The maximum atomic E-state index is 11.0. The molecule has 3 fully saturated rings. The smallest absolute Gasteiger partial charge is 0.264 e. The van der Waals surface area contributed by atoms with Gasteiger partial charge in [0.05, 0.1) is 5.75 Å². The van der Waals surface area contributed by atoms with Gasteiger partial charge in [0.2, 0.25) is 0 Å². The molecule has 0 spiro atoms. The van der Waals surface area contributed by atoms with Gasteiger partial charge in [-0.05, 0) is 43.4 Å². The Morgan fingerprint density at radius 1 is 1.22 bits per heavy atom. The molecule has 0 radical (unpaired) electrons. The summed E-state index contributed by atoms with van der Waals surface area (Å²) in [5.41, 5.74) is 1.28. The van der Waals surface area contributed by atoms with E-state index in [0.29, 0.717) is 24.9 Å². The summed E-state index contributed by atoms with van der Waals surface area (Å²) in [6.07, 6.45) is 8.48. The highest BCUT2D eigenvalue weighted by Crippen LogP contribution is 2.58. The van der Waals surface area contributed by atoms with Gasteiger partial charge in [0, 0.05) is 23.7 Å². The number of nitrogens with zero attached hydrogens (tertiary/aromatic N) is 1. The Labute approximate surface area is 141 Å². The van der Waals surface area contributed by atoms with Crippen LogP contribution >= 0.6 is 0 Å². The fraction of sp³-hybridized carbons (Fsp3) is 0.889. The van der Waals surface area contributed by atoms with Crippen LogP contribution in [0, 0.1) is 23.2 Å². The molecule has 2 saturated carbocycles. The summed E-state index contributed by atoms with van der Waals surface area (Å²) in [6.45, 7) is 9.73. The van der Waals surface area contributed by atoms with Crippen molar-refractivity contribution < 1.29 is 13.0 Å². The van der Waals surface area contributed by atoms with Crippen LogP contribution in [-0.2, 0) is 10.1 Å². The third-order valence-corrected chi connectivity index (χ3v) is 7.61. The highest BCUT2D eigenvalue weighted by molar-refractivity contribution is 7.85. The van der Waals surface area contributed by atoms with Crippen LogP contribution in [0.4, 0.5) is 0 Å². The minimum atomic E-state index is -3.87. The van der Waals surface area contributed by atoms with Crippen LogP contribution in [0.5, 0.6) is 0 Å². The Kier molecular flexibility index (Phi) is 4.56. The van der Waals surface area contributed by atoms with Crippen LogP contribution < -0.4 is 0 Å². The third-order valence-electron chi connectivity index (χ3n) is 6.80. The molecule has 0 aromatic heterocycles. The molecule has 132 valence electrons. The standard InChI is InChI=1S/C18H31NO3S/c1-13-18(2,3)17-15-8-5-4-7-14(15)9-10-16(17)19(13)11-6-12-23(20,21)22/h14-17H,1,4-12H2,2-3H3,(H,20,21,22). The molecule has 23 heavy (non-hydrogen) atoms. The lowest BCUT2D eigenvalue weighted by Crippen LogP contribution is -2.45. The minimum Gasteiger partial charge on any atom is -0.372 e. The molecule has 3 rings (SSSR count). The zero-order chi connectivity index (χ0) is 16.8. The van der Waals surface area contributed by atoms with Gasteiger partial charge < -0.3 is 4.90 Å². The molecular formula is C18H31NO3S.